The van der Waals surface area contributed by atoms with Crippen LogP contribution in [-0.4, -0.2) is 44.1 Å². The van der Waals surface area contributed by atoms with Gasteiger partial charge in [-0.05, 0) is 85.0 Å². The van der Waals surface area contributed by atoms with Crippen LogP contribution < -0.4 is 10.1 Å². The smallest absolute Gasteiger partial charge is 0.247 e. The van der Waals surface area contributed by atoms with Crippen molar-refractivity contribution in [2.45, 2.75) is 25.4 Å². The summed E-state index contributed by atoms with van der Waals surface area (Å²) in [6.45, 7) is 0.450. The van der Waals surface area contributed by atoms with E-state index in [4.69, 9.17) is 16.3 Å². The molecule has 2 unspecified atom stereocenters. The third-order valence-electron chi connectivity index (χ3n) is 6.36. The summed E-state index contributed by atoms with van der Waals surface area (Å²) < 4.78 is 20.3. The molecule has 1 aliphatic rings. The maximum absolute atomic E-state index is 13.4. The number of benzene rings is 3. The van der Waals surface area contributed by atoms with Crippen LogP contribution in [-0.2, 0) is 22.6 Å². The molecule has 4 aromatic rings. The van der Waals surface area contributed by atoms with Gasteiger partial charge in [0.1, 0.15) is 42.6 Å². The minimum atomic E-state index is -0.634. The van der Waals surface area contributed by atoms with Crippen molar-refractivity contribution in [1.29, 1.82) is 0 Å². The van der Waals surface area contributed by atoms with Crippen molar-refractivity contribution in [2.75, 3.05) is 11.9 Å². The highest BCUT2D eigenvalue weighted by molar-refractivity contribution is 6.30. The van der Waals surface area contributed by atoms with Gasteiger partial charge in [-0.1, -0.05) is 23.7 Å². The van der Waals surface area contributed by atoms with Crippen LogP contribution in [0.25, 0.3) is 0 Å². The molecule has 1 aromatic heterocycles. The summed E-state index contributed by atoms with van der Waals surface area (Å²) in [7, 11) is 0. The van der Waals surface area contributed by atoms with Gasteiger partial charge in [-0.25, -0.2) is 14.1 Å². The molecule has 1 aliphatic heterocycles. The lowest BCUT2D eigenvalue weighted by molar-refractivity contribution is -0.137. The van der Waals surface area contributed by atoms with Gasteiger partial charge in [0.25, 0.3) is 0 Å². The Labute approximate surface area is 224 Å². The Kier molecular flexibility index (Phi) is 7.65. The van der Waals surface area contributed by atoms with Crippen molar-refractivity contribution in [3.05, 3.63) is 102 Å². The molecule has 5 rings (SSSR count). The van der Waals surface area contributed by atoms with Gasteiger partial charge in [-0.15, -0.1) is 0 Å². The van der Waals surface area contributed by atoms with E-state index in [1.807, 2.05) is 24.3 Å². The second-order valence-corrected chi connectivity index (χ2v) is 9.60. The lowest BCUT2D eigenvalue weighted by Crippen LogP contribution is -2.44. The molecule has 2 heterocycles. The maximum atomic E-state index is 13.4. The van der Waals surface area contributed by atoms with Crippen LogP contribution >= 0.6 is 11.6 Å². The van der Waals surface area contributed by atoms with Gasteiger partial charge in [0.2, 0.25) is 11.8 Å². The molecular weight excluding hydrogens is 509 g/mol. The fraction of sp³-hybridized carbons (Fsp3) is 0.214. The van der Waals surface area contributed by atoms with E-state index in [1.54, 1.807) is 29.2 Å². The van der Waals surface area contributed by atoms with Crippen molar-refractivity contribution in [3.8, 4) is 11.5 Å². The monoisotopic (exact) mass is 533 g/mol. The Morgan fingerprint density at radius 3 is 2.47 bits per heavy atom. The molecule has 194 valence electrons. The topological polar surface area (TPSA) is 89.4 Å². The minimum absolute atomic E-state index is 0.00306. The number of halogens is 2. The number of carbonyl (C=O) groups excluding carboxylic acids is 2. The molecule has 1 N–H and O–H groups in total. The Balaban J connectivity index is 1.27. The van der Waals surface area contributed by atoms with Crippen LogP contribution in [0.3, 0.4) is 0 Å². The number of anilines is 1. The van der Waals surface area contributed by atoms with E-state index < -0.39 is 6.04 Å². The molecule has 1 fully saturated rings. The first-order valence-corrected chi connectivity index (χ1v) is 12.5. The molecule has 0 aliphatic carbocycles. The lowest BCUT2D eigenvalue weighted by Gasteiger charge is -2.24. The standard InChI is InChI=1S/C28H25ClFN5O3/c29-21-3-1-2-19(13-21)12-20-14-26(35(15-20)27(36)16-34-18-31-17-32-34)28(37)33-23-6-10-25(11-7-23)38-24-8-4-22(30)5-9-24/h1-11,13,17-18,20,26H,12,14-16H2,(H,33,37). The fourth-order valence-corrected chi connectivity index (χ4v) is 4.82. The van der Waals surface area contributed by atoms with E-state index in [-0.39, 0.29) is 30.1 Å². The van der Waals surface area contributed by atoms with Gasteiger partial charge >= 0.3 is 0 Å². The van der Waals surface area contributed by atoms with Gasteiger partial charge < -0.3 is 15.0 Å². The van der Waals surface area contributed by atoms with E-state index in [0.29, 0.717) is 41.6 Å². The SMILES string of the molecule is O=C(Nc1ccc(Oc2ccc(F)cc2)cc1)C1CC(Cc2cccc(Cl)c2)CN1C(=O)Cn1cncn1. The van der Waals surface area contributed by atoms with Crippen molar-refractivity contribution in [3.63, 3.8) is 0 Å². The molecule has 38 heavy (non-hydrogen) atoms. The number of hydrogen-bond donors (Lipinski definition) is 1. The van der Waals surface area contributed by atoms with Gasteiger partial charge in [-0.3, -0.25) is 9.59 Å². The molecule has 10 heteroatoms. The second-order valence-electron chi connectivity index (χ2n) is 9.16. The van der Waals surface area contributed by atoms with Crippen LogP contribution in [0.15, 0.2) is 85.5 Å². The molecule has 2 amide bonds. The predicted octanol–water partition coefficient (Wildman–Crippen LogP) is 4.96. The normalized spacial score (nSPS) is 16.8. The van der Waals surface area contributed by atoms with E-state index in [0.717, 1.165) is 5.56 Å². The van der Waals surface area contributed by atoms with Crippen LogP contribution in [0.2, 0.25) is 5.02 Å². The second kappa shape index (κ2) is 11.4. The number of likely N-dealkylation sites (tertiary alicyclic amines) is 1. The van der Waals surface area contributed by atoms with Crippen LogP contribution in [0.4, 0.5) is 10.1 Å². The first-order chi connectivity index (χ1) is 18.4. The summed E-state index contributed by atoms with van der Waals surface area (Å²) in [5.74, 6) is 0.328. The highest BCUT2D eigenvalue weighted by Crippen LogP contribution is 2.29. The molecule has 0 bridgehead atoms. The zero-order valence-corrected chi connectivity index (χ0v) is 21.1. The van der Waals surface area contributed by atoms with Gasteiger partial charge in [0.05, 0.1) is 0 Å². The number of carbonyl (C=O) groups is 2. The molecule has 2 atom stereocenters. The van der Waals surface area contributed by atoms with Crippen LogP contribution in [0.5, 0.6) is 11.5 Å². The first kappa shape index (κ1) is 25.4. The number of aromatic nitrogens is 3. The number of amides is 2. The third kappa shape index (κ3) is 6.36. The third-order valence-corrected chi connectivity index (χ3v) is 6.59. The molecular formula is C28H25ClFN5O3. The van der Waals surface area contributed by atoms with Crippen molar-refractivity contribution in [2.24, 2.45) is 5.92 Å². The zero-order chi connectivity index (χ0) is 26.5. The highest BCUT2D eigenvalue weighted by atomic mass is 35.5. The Morgan fingerprint density at radius 1 is 1.05 bits per heavy atom. The molecule has 0 radical (unpaired) electrons. The van der Waals surface area contributed by atoms with Crippen molar-refractivity contribution in [1.82, 2.24) is 19.7 Å². The minimum Gasteiger partial charge on any atom is -0.457 e. The Morgan fingerprint density at radius 2 is 1.79 bits per heavy atom. The summed E-state index contributed by atoms with van der Waals surface area (Å²) in [6, 6.07) is 19.6. The van der Waals surface area contributed by atoms with E-state index in [9.17, 15) is 14.0 Å². The van der Waals surface area contributed by atoms with Crippen LogP contribution in [0.1, 0.15) is 12.0 Å². The fourth-order valence-electron chi connectivity index (χ4n) is 4.61. The van der Waals surface area contributed by atoms with Crippen molar-refractivity contribution >= 4 is 29.1 Å². The predicted molar refractivity (Wildman–Crippen MR) is 140 cm³/mol. The molecule has 0 spiro atoms. The largest absolute Gasteiger partial charge is 0.457 e. The summed E-state index contributed by atoms with van der Waals surface area (Å²) in [5.41, 5.74) is 1.63. The van der Waals surface area contributed by atoms with E-state index in [1.165, 1.54) is 41.6 Å². The summed E-state index contributed by atoms with van der Waals surface area (Å²) >= 11 is 6.15. The van der Waals surface area contributed by atoms with E-state index in [2.05, 4.69) is 15.4 Å². The summed E-state index contributed by atoms with van der Waals surface area (Å²) in [6.07, 6.45) is 4.06. The quantitative estimate of drug-likeness (QED) is 0.346. The average Bonchev–Trinajstić information content (AvgIpc) is 3.57. The number of ether oxygens (including phenoxy) is 1. The Bertz CT molecular complexity index is 1400. The molecule has 1 saturated heterocycles. The number of rotatable bonds is 8. The van der Waals surface area contributed by atoms with Gasteiger partial charge in [0.15, 0.2) is 0 Å². The summed E-state index contributed by atoms with van der Waals surface area (Å²) in [5, 5.41) is 7.60. The number of nitrogens with one attached hydrogen (secondary N) is 1. The van der Waals surface area contributed by atoms with Crippen molar-refractivity contribution < 1.29 is 18.7 Å². The maximum Gasteiger partial charge on any atom is 0.247 e. The molecule has 3 aromatic carbocycles. The summed E-state index contributed by atoms with van der Waals surface area (Å²) in [4.78, 5) is 32.0. The average molecular weight is 534 g/mol. The number of nitrogens with zero attached hydrogens (tertiary/aromatic N) is 4. The van der Waals surface area contributed by atoms with E-state index >= 15 is 0 Å². The van der Waals surface area contributed by atoms with Gasteiger partial charge in [0, 0.05) is 17.3 Å². The molecule has 0 saturated carbocycles. The number of hydrogen-bond acceptors (Lipinski definition) is 5. The lowest BCUT2D eigenvalue weighted by atomic mass is 9.96. The highest BCUT2D eigenvalue weighted by Gasteiger charge is 2.39. The zero-order valence-electron chi connectivity index (χ0n) is 20.3. The molecule has 8 nitrogen and oxygen atoms in total. The van der Waals surface area contributed by atoms with Crippen LogP contribution in [0, 0.1) is 11.7 Å². The first-order valence-electron chi connectivity index (χ1n) is 12.1. The van der Waals surface area contributed by atoms with Gasteiger partial charge in [-0.2, -0.15) is 5.10 Å². The Hall–Kier alpha value is -4.24.